The van der Waals surface area contributed by atoms with Gasteiger partial charge < -0.3 is 4.74 Å². The molecule has 0 aliphatic rings. The standard InChI is InChI=1S/C10H7F4NO/c11-8-3-7(6-15)4-9(5-8)16-2-1-10(12,13)14/h3-5H,1-2H2. The smallest absolute Gasteiger partial charge is 0.392 e. The normalized spacial score (nSPS) is 10.9. The molecule has 2 nitrogen and oxygen atoms in total. The second kappa shape index (κ2) is 4.84. The maximum atomic E-state index is 12.8. The molecule has 0 atom stereocenters. The number of hydrogen-bond acceptors (Lipinski definition) is 2. The van der Waals surface area contributed by atoms with E-state index >= 15 is 0 Å². The third kappa shape index (κ3) is 4.17. The van der Waals surface area contributed by atoms with Gasteiger partial charge in [0.1, 0.15) is 11.6 Å². The molecule has 1 aromatic rings. The molecule has 0 radical (unpaired) electrons. The molecule has 0 aromatic heterocycles. The molecule has 16 heavy (non-hydrogen) atoms. The Kier molecular flexibility index (Phi) is 3.72. The SMILES string of the molecule is N#Cc1cc(F)cc(OCCC(F)(F)F)c1. The van der Waals surface area contributed by atoms with Crippen LogP contribution in [0.4, 0.5) is 17.6 Å². The van der Waals surface area contributed by atoms with E-state index in [0.717, 1.165) is 12.1 Å². The highest BCUT2D eigenvalue weighted by Crippen LogP contribution is 2.21. The van der Waals surface area contributed by atoms with Crippen molar-refractivity contribution in [2.24, 2.45) is 0 Å². The molecule has 0 aliphatic carbocycles. The average molecular weight is 233 g/mol. The predicted octanol–water partition coefficient (Wildman–Crippen LogP) is 3.03. The number of nitriles is 1. The number of halogens is 4. The molecule has 0 amide bonds. The minimum atomic E-state index is -4.31. The van der Waals surface area contributed by atoms with Gasteiger partial charge in [-0.2, -0.15) is 18.4 Å². The first-order valence-electron chi connectivity index (χ1n) is 4.31. The van der Waals surface area contributed by atoms with E-state index in [4.69, 9.17) is 10.00 Å². The summed E-state index contributed by atoms with van der Waals surface area (Å²) < 4.78 is 52.8. The topological polar surface area (TPSA) is 33.0 Å². The van der Waals surface area contributed by atoms with E-state index in [1.165, 1.54) is 6.07 Å². The van der Waals surface area contributed by atoms with Gasteiger partial charge in [0, 0.05) is 6.07 Å². The van der Waals surface area contributed by atoms with Crippen LogP contribution in [0.2, 0.25) is 0 Å². The molecule has 0 saturated carbocycles. The zero-order valence-corrected chi connectivity index (χ0v) is 8.01. The van der Waals surface area contributed by atoms with Crippen LogP contribution in [0.15, 0.2) is 18.2 Å². The molecule has 1 aromatic carbocycles. The van der Waals surface area contributed by atoms with Crippen LogP contribution >= 0.6 is 0 Å². The predicted molar refractivity (Wildman–Crippen MR) is 47.3 cm³/mol. The van der Waals surface area contributed by atoms with Crippen molar-refractivity contribution in [3.63, 3.8) is 0 Å². The van der Waals surface area contributed by atoms with Gasteiger partial charge in [-0.25, -0.2) is 4.39 Å². The van der Waals surface area contributed by atoms with Crippen molar-refractivity contribution in [2.75, 3.05) is 6.61 Å². The van der Waals surface area contributed by atoms with Crippen molar-refractivity contribution >= 4 is 0 Å². The quantitative estimate of drug-likeness (QED) is 0.752. The van der Waals surface area contributed by atoms with Crippen LogP contribution in [0.1, 0.15) is 12.0 Å². The first kappa shape index (κ1) is 12.3. The molecule has 6 heteroatoms. The zero-order valence-electron chi connectivity index (χ0n) is 8.01. The number of alkyl halides is 3. The first-order chi connectivity index (χ1) is 7.40. The minimum absolute atomic E-state index is 0.00186. The lowest BCUT2D eigenvalue weighted by atomic mass is 10.2. The number of rotatable bonds is 3. The Morgan fingerprint density at radius 3 is 2.50 bits per heavy atom. The van der Waals surface area contributed by atoms with E-state index in [0.29, 0.717) is 0 Å². The summed E-state index contributed by atoms with van der Waals surface area (Å²) in [4.78, 5) is 0. The molecule has 0 fully saturated rings. The summed E-state index contributed by atoms with van der Waals surface area (Å²) >= 11 is 0. The van der Waals surface area contributed by atoms with Gasteiger partial charge in [-0.1, -0.05) is 0 Å². The molecule has 86 valence electrons. The van der Waals surface area contributed by atoms with Crippen LogP contribution in [-0.4, -0.2) is 12.8 Å². The number of ether oxygens (including phenoxy) is 1. The minimum Gasteiger partial charge on any atom is -0.493 e. The second-order valence-corrected chi connectivity index (χ2v) is 3.00. The number of hydrogen-bond donors (Lipinski definition) is 0. The third-order valence-electron chi connectivity index (χ3n) is 1.65. The van der Waals surface area contributed by atoms with Gasteiger partial charge in [-0.15, -0.1) is 0 Å². The molecule has 0 spiro atoms. The van der Waals surface area contributed by atoms with E-state index in [2.05, 4.69) is 0 Å². The van der Waals surface area contributed by atoms with Crippen LogP contribution in [0.3, 0.4) is 0 Å². The molecular formula is C10H7F4NO. The van der Waals surface area contributed by atoms with Crippen LogP contribution in [-0.2, 0) is 0 Å². The summed E-state index contributed by atoms with van der Waals surface area (Å²) in [6.45, 7) is -0.599. The van der Waals surface area contributed by atoms with E-state index in [9.17, 15) is 17.6 Å². The van der Waals surface area contributed by atoms with Gasteiger partial charge in [0.2, 0.25) is 0 Å². The van der Waals surface area contributed by atoms with E-state index < -0.39 is 25.0 Å². The first-order valence-corrected chi connectivity index (χ1v) is 4.31. The second-order valence-electron chi connectivity index (χ2n) is 3.00. The Bertz CT molecular complexity index is 408. The van der Waals surface area contributed by atoms with Gasteiger partial charge in [0.05, 0.1) is 24.7 Å². The highest BCUT2D eigenvalue weighted by molar-refractivity contribution is 5.36. The van der Waals surface area contributed by atoms with Crippen molar-refractivity contribution in [1.29, 1.82) is 5.26 Å². The number of benzene rings is 1. The van der Waals surface area contributed by atoms with E-state index in [1.54, 1.807) is 6.07 Å². The van der Waals surface area contributed by atoms with Crippen molar-refractivity contribution in [3.8, 4) is 11.8 Å². The van der Waals surface area contributed by atoms with Crippen LogP contribution < -0.4 is 4.74 Å². The van der Waals surface area contributed by atoms with Crippen LogP contribution in [0.5, 0.6) is 5.75 Å². The molecule has 0 saturated heterocycles. The lowest BCUT2D eigenvalue weighted by Crippen LogP contribution is -2.13. The largest absolute Gasteiger partial charge is 0.493 e. The van der Waals surface area contributed by atoms with Gasteiger partial charge in [-0.3, -0.25) is 0 Å². The average Bonchev–Trinajstić information content (AvgIpc) is 2.14. The fraction of sp³-hybridized carbons (Fsp3) is 0.300. The Morgan fingerprint density at radius 1 is 1.25 bits per heavy atom. The molecule has 1 rings (SSSR count). The van der Waals surface area contributed by atoms with Gasteiger partial charge in [0.25, 0.3) is 0 Å². The van der Waals surface area contributed by atoms with Gasteiger partial charge in [-0.05, 0) is 12.1 Å². The monoisotopic (exact) mass is 233 g/mol. The van der Waals surface area contributed by atoms with Crippen LogP contribution in [0, 0.1) is 17.1 Å². The van der Waals surface area contributed by atoms with E-state index in [1.807, 2.05) is 0 Å². The lowest BCUT2D eigenvalue weighted by molar-refractivity contribution is -0.139. The van der Waals surface area contributed by atoms with Gasteiger partial charge in [0.15, 0.2) is 0 Å². The van der Waals surface area contributed by atoms with Crippen molar-refractivity contribution in [1.82, 2.24) is 0 Å². The molecule has 0 unspecified atom stereocenters. The maximum absolute atomic E-state index is 12.8. The van der Waals surface area contributed by atoms with Crippen molar-refractivity contribution in [3.05, 3.63) is 29.6 Å². The highest BCUT2D eigenvalue weighted by atomic mass is 19.4. The Hall–Kier alpha value is -1.77. The third-order valence-corrected chi connectivity index (χ3v) is 1.65. The summed E-state index contributed by atoms with van der Waals surface area (Å²) in [6.07, 6.45) is -5.43. The molecular weight excluding hydrogens is 226 g/mol. The Morgan fingerprint density at radius 2 is 1.94 bits per heavy atom. The maximum Gasteiger partial charge on any atom is 0.392 e. The van der Waals surface area contributed by atoms with E-state index in [-0.39, 0.29) is 11.3 Å². The summed E-state index contributed by atoms with van der Waals surface area (Å²) in [7, 11) is 0. The number of nitrogens with zero attached hydrogens (tertiary/aromatic N) is 1. The zero-order chi connectivity index (χ0) is 12.2. The van der Waals surface area contributed by atoms with Crippen LogP contribution in [0.25, 0.3) is 0 Å². The molecule has 0 bridgehead atoms. The summed E-state index contributed by atoms with van der Waals surface area (Å²) in [5.74, 6) is -0.804. The molecule has 0 N–H and O–H groups in total. The molecule has 0 heterocycles. The fourth-order valence-corrected chi connectivity index (χ4v) is 0.995. The fourth-order valence-electron chi connectivity index (χ4n) is 0.995. The lowest BCUT2D eigenvalue weighted by Gasteiger charge is -2.08. The Balaban J connectivity index is 2.61. The summed E-state index contributed by atoms with van der Waals surface area (Å²) in [6, 6.07) is 4.75. The molecule has 0 aliphatic heterocycles. The highest BCUT2D eigenvalue weighted by Gasteiger charge is 2.26. The van der Waals surface area contributed by atoms with Crippen molar-refractivity contribution in [2.45, 2.75) is 12.6 Å². The summed E-state index contributed by atoms with van der Waals surface area (Å²) in [5, 5.41) is 8.49. The van der Waals surface area contributed by atoms with Crippen molar-refractivity contribution < 1.29 is 22.3 Å². The summed E-state index contributed by atoms with van der Waals surface area (Å²) in [5.41, 5.74) is 0.00186. The Labute approximate surface area is 89.1 Å². The van der Waals surface area contributed by atoms with Gasteiger partial charge >= 0.3 is 6.18 Å².